The molecular formula is C24H33F3N8O3. The molecule has 2 aromatic rings. The Bertz CT molecular complexity index is 1100. The summed E-state index contributed by atoms with van der Waals surface area (Å²) in [6.07, 6.45) is 2.48. The van der Waals surface area contributed by atoms with Gasteiger partial charge in [0, 0.05) is 58.2 Å². The number of amides is 1. The Morgan fingerprint density at radius 1 is 1.13 bits per heavy atom. The van der Waals surface area contributed by atoms with Crippen molar-refractivity contribution in [1.82, 2.24) is 29.5 Å². The van der Waals surface area contributed by atoms with Crippen LogP contribution in [0.4, 0.5) is 30.6 Å². The molecule has 4 rings (SSSR count). The predicted molar refractivity (Wildman–Crippen MR) is 134 cm³/mol. The number of alkyl halides is 3. The molecule has 38 heavy (non-hydrogen) atoms. The molecule has 0 radical (unpaired) electrons. The van der Waals surface area contributed by atoms with Crippen molar-refractivity contribution in [1.29, 1.82) is 0 Å². The fraction of sp³-hybridized carbons (Fsp3) is 0.583. The lowest BCUT2D eigenvalue weighted by Gasteiger charge is -2.26. The molecule has 0 unspecified atom stereocenters. The van der Waals surface area contributed by atoms with Crippen molar-refractivity contribution >= 4 is 23.4 Å². The van der Waals surface area contributed by atoms with Crippen LogP contribution in [0, 0.1) is 6.92 Å². The average molecular weight is 539 g/mol. The molecule has 208 valence electrons. The normalized spacial score (nSPS) is 16.8. The van der Waals surface area contributed by atoms with Crippen LogP contribution in [0.25, 0.3) is 0 Å². The lowest BCUT2D eigenvalue weighted by Crippen LogP contribution is -2.37. The summed E-state index contributed by atoms with van der Waals surface area (Å²) in [5.74, 6) is -0.464. The minimum Gasteiger partial charge on any atom is -0.492 e. The standard InChI is InChI=1S/C24H33F3N8O3/c1-18-20(16-35(32-18)9-3-6-33-10-13-37-14-11-33)30-23-29-15-19(24(25,26)27)22(31-23)28-5-2-7-34-8-4-12-38-17-21(34)36/h4,12,15-16H,2-3,5-11,13-14,17H2,1H3,(H2,28,29,30,31). The van der Waals surface area contributed by atoms with Crippen LogP contribution >= 0.6 is 0 Å². The second-order valence-electron chi connectivity index (χ2n) is 9.08. The van der Waals surface area contributed by atoms with E-state index in [1.54, 1.807) is 17.2 Å². The van der Waals surface area contributed by atoms with Crippen LogP contribution in [0.3, 0.4) is 0 Å². The van der Waals surface area contributed by atoms with E-state index in [2.05, 4.69) is 30.6 Å². The van der Waals surface area contributed by atoms with Gasteiger partial charge in [-0.1, -0.05) is 0 Å². The molecule has 0 aromatic carbocycles. The quantitative estimate of drug-likeness (QED) is 0.417. The molecule has 4 heterocycles. The van der Waals surface area contributed by atoms with E-state index < -0.39 is 11.7 Å². The highest BCUT2D eigenvalue weighted by atomic mass is 19.4. The zero-order valence-electron chi connectivity index (χ0n) is 21.3. The molecule has 1 saturated heterocycles. The Hall–Kier alpha value is -3.39. The third kappa shape index (κ3) is 7.81. The van der Waals surface area contributed by atoms with Gasteiger partial charge < -0.3 is 25.0 Å². The van der Waals surface area contributed by atoms with Crippen molar-refractivity contribution in [3.63, 3.8) is 0 Å². The van der Waals surface area contributed by atoms with Gasteiger partial charge in [-0.05, 0) is 25.8 Å². The van der Waals surface area contributed by atoms with Crippen molar-refractivity contribution in [2.75, 3.05) is 69.7 Å². The van der Waals surface area contributed by atoms with Gasteiger partial charge in [0.2, 0.25) is 5.95 Å². The summed E-state index contributed by atoms with van der Waals surface area (Å²) < 4.78 is 53.0. The minimum atomic E-state index is -4.62. The molecule has 2 aliphatic rings. The molecule has 14 heteroatoms. The Morgan fingerprint density at radius 3 is 2.74 bits per heavy atom. The molecule has 0 spiro atoms. The number of nitrogens with zero attached hydrogens (tertiary/aromatic N) is 6. The first-order valence-electron chi connectivity index (χ1n) is 12.6. The lowest BCUT2D eigenvalue weighted by molar-refractivity contribution is -0.137. The Kier molecular flexibility index (Phi) is 9.39. The number of nitrogens with one attached hydrogen (secondary N) is 2. The first kappa shape index (κ1) is 27.6. The number of aryl methyl sites for hydroxylation is 2. The molecule has 2 aromatic heterocycles. The Labute approximate surface area is 219 Å². The van der Waals surface area contributed by atoms with E-state index in [-0.39, 0.29) is 30.8 Å². The number of ether oxygens (including phenoxy) is 2. The van der Waals surface area contributed by atoms with Crippen LogP contribution in [0.1, 0.15) is 24.1 Å². The van der Waals surface area contributed by atoms with E-state index in [1.165, 1.54) is 6.26 Å². The second-order valence-corrected chi connectivity index (χ2v) is 9.08. The van der Waals surface area contributed by atoms with E-state index in [9.17, 15) is 18.0 Å². The number of aromatic nitrogens is 4. The number of rotatable bonds is 11. The van der Waals surface area contributed by atoms with Crippen LogP contribution in [0.2, 0.25) is 0 Å². The third-order valence-electron chi connectivity index (χ3n) is 6.23. The van der Waals surface area contributed by atoms with Crippen molar-refractivity contribution in [2.45, 2.75) is 32.5 Å². The van der Waals surface area contributed by atoms with Gasteiger partial charge in [-0.3, -0.25) is 14.4 Å². The van der Waals surface area contributed by atoms with Crippen LogP contribution < -0.4 is 10.6 Å². The fourth-order valence-electron chi connectivity index (χ4n) is 4.18. The number of morpholine rings is 1. The van der Waals surface area contributed by atoms with Gasteiger partial charge in [0.05, 0.1) is 30.9 Å². The molecular weight excluding hydrogens is 505 g/mol. The van der Waals surface area contributed by atoms with E-state index in [0.717, 1.165) is 45.5 Å². The summed E-state index contributed by atoms with van der Waals surface area (Å²) >= 11 is 0. The molecule has 11 nitrogen and oxygen atoms in total. The zero-order valence-corrected chi connectivity index (χ0v) is 21.3. The first-order chi connectivity index (χ1) is 18.3. The monoisotopic (exact) mass is 538 g/mol. The van der Waals surface area contributed by atoms with Crippen LogP contribution in [-0.2, 0) is 27.0 Å². The zero-order chi connectivity index (χ0) is 27.0. The van der Waals surface area contributed by atoms with Crippen molar-refractivity contribution in [3.05, 3.63) is 36.0 Å². The second kappa shape index (κ2) is 12.9. The van der Waals surface area contributed by atoms with Crippen LogP contribution in [-0.4, -0.2) is 94.5 Å². The van der Waals surface area contributed by atoms with Gasteiger partial charge in [-0.25, -0.2) is 4.98 Å². The number of anilines is 3. The van der Waals surface area contributed by atoms with Gasteiger partial charge in [0.1, 0.15) is 11.4 Å². The highest BCUT2D eigenvalue weighted by Gasteiger charge is 2.35. The van der Waals surface area contributed by atoms with Crippen molar-refractivity contribution < 1.29 is 27.4 Å². The smallest absolute Gasteiger partial charge is 0.421 e. The maximum atomic E-state index is 13.6. The summed E-state index contributed by atoms with van der Waals surface area (Å²) in [7, 11) is 0. The van der Waals surface area contributed by atoms with Gasteiger partial charge in [0.25, 0.3) is 5.91 Å². The van der Waals surface area contributed by atoms with Crippen molar-refractivity contribution in [2.24, 2.45) is 0 Å². The van der Waals surface area contributed by atoms with Gasteiger partial charge in [-0.2, -0.15) is 23.3 Å². The molecule has 1 fully saturated rings. The molecule has 2 N–H and O–H groups in total. The summed E-state index contributed by atoms with van der Waals surface area (Å²) in [6.45, 7) is 7.74. The van der Waals surface area contributed by atoms with E-state index in [4.69, 9.17) is 9.47 Å². The van der Waals surface area contributed by atoms with E-state index in [1.807, 2.05) is 11.6 Å². The molecule has 1 amide bonds. The summed E-state index contributed by atoms with van der Waals surface area (Å²) in [5, 5.41) is 10.3. The Morgan fingerprint density at radius 2 is 1.95 bits per heavy atom. The van der Waals surface area contributed by atoms with Crippen molar-refractivity contribution in [3.8, 4) is 0 Å². The highest BCUT2D eigenvalue weighted by molar-refractivity contribution is 5.77. The molecule has 0 aliphatic carbocycles. The number of carbonyl (C=O) groups excluding carboxylic acids is 1. The largest absolute Gasteiger partial charge is 0.492 e. The van der Waals surface area contributed by atoms with Crippen LogP contribution in [0.5, 0.6) is 0 Å². The Balaban J connectivity index is 1.34. The predicted octanol–water partition coefficient (Wildman–Crippen LogP) is 2.64. The fourth-order valence-corrected chi connectivity index (χ4v) is 4.18. The van der Waals surface area contributed by atoms with Crippen LogP contribution in [0.15, 0.2) is 24.7 Å². The maximum absolute atomic E-state index is 13.6. The third-order valence-corrected chi connectivity index (χ3v) is 6.23. The molecule has 0 bridgehead atoms. The van der Waals surface area contributed by atoms with E-state index >= 15 is 0 Å². The lowest BCUT2D eigenvalue weighted by atomic mass is 10.3. The number of carbonyl (C=O) groups is 1. The van der Waals surface area contributed by atoms with E-state index in [0.29, 0.717) is 37.4 Å². The molecule has 2 aliphatic heterocycles. The number of hydrogen-bond acceptors (Lipinski definition) is 9. The maximum Gasteiger partial charge on any atom is 0.421 e. The summed E-state index contributed by atoms with van der Waals surface area (Å²) in [6, 6.07) is 0. The summed E-state index contributed by atoms with van der Waals surface area (Å²) in [5.41, 5.74) is 0.354. The van der Waals surface area contributed by atoms with Gasteiger partial charge >= 0.3 is 6.18 Å². The van der Waals surface area contributed by atoms with Gasteiger partial charge in [0.15, 0.2) is 6.61 Å². The first-order valence-corrected chi connectivity index (χ1v) is 12.6. The topological polar surface area (TPSA) is 110 Å². The SMILES string of the molecule is Cc1nn(CCCN2CCOCC2)cc1Nc1ncc(C(F)(F)F)c(NCCCN2CC=COCC2=O)n1. The molecule has 0 saturated carbocycles. The number of halogens is 3. The highest BCUT2D eigenvalue weighted by Crippen LogP contribution is 2.34. The number of hydrogen-bond donors (Lipinski definition) is 2. The molecule has 0 atom stereocenters. The van der Waals surface area contributed by atoms with Gasteiger partial charge in [-0.15, -0.1) is 0 Å². The summed E-state index contributed by atoms with van der Waals surface area (Å²) in [4.78, 5) is 23.9. The minimum absolute atomic E-state index is 0.0291. The average Bonchev–Trinajstić information content (AvgIpc) is 3.09.